The van der Waals surface area contributed by atoms with Gasteiger partial charge in [-0.25, -0.2) is 0 Å². The molecule has 4 nitrogen and oxygen atoms in total. The number of aliphatic hydroxyl groups excluding tert-OH is 1. The maximum atomic E-state index is 10.6. The van der Waals surface area contributed by atoms with E-state index in [9.17, 15) is 5.11 Å². The smallest absolute Gasteiger partial charge is 0.0707 e. The van der Waals surface area contributed by atoms with Gasteiger partial charge in [0.05, 0.1) is 19.3 Å². The lowest BCUT2D eigenvalue weighted by Crippen LogP contribution is -2.43. The Labute approximate surface area is 154 Å². The first-order valence-electron chi connectivity index (χ1n) is 9.05. The maximum absolute atomic E-state index is 10.6. The van der Waals surface area contributed by atoms with Crippen molar-refractivity contribution in [2.24, 2.45) is 0 Å². The summed E-state index contributed by atoms with van der Waals surface area (Å²) in [5.41, 5.74) is 2.53. The van der Waals surface area contributed by atoms with Crippen LogP contribution >= 0.6 is 11.3 Å². The van der Waals surface area contributed by atoms with E-state index in [0.717, 1.165) is 45.9 Å². The first-order chi connectivity index (χ1) is 12.3. The van der Waals surface area contributed by atoms with Crippen LogP contribution in [0.2, 0.25) is 0 Å². The fourth-order valence-corrected chi connectivity index (χ4v) is 3.89. The van der Waals surface area contributed by atoms with Gasteiger partial charge in [0.15, 0.2) is 0 Å². The predicted molar refractivity (Wildman–Crippen MR) is 103 cm³/mol. The van der Waals surface area contributed by atoms with E-state index in [1.54, 1.807) is 11.3 Å². The van der Waals surface area contributed by atoms with Crippen LogP contribution in [0.3, 0.4) is 0 Å². The van der Waals surface area contributed by atoms with Crippen LogP contribution in [-0.2, 0) is 17.7 Å². The molecule has 1 unspecified atom stereocenters. The van der Waals surface area contributed by atoms with Crippen molar-refractivity contribution in [3.8, 4) is 0 Å². The van der Waals surface area contributed by atoms with Crippen molar-refractivity contribution in [1.29, 1.82) is 0 Å². The molecule has 1 aromatic carbocycles. The minimum Gasteiger partial charge on any atom is -0.391 e. The van der Waals surface area contributed by atoms with E-state index in [0.29, 0.717) is 13.0 Å². The second-order valence-corrected chi connectivity index (χ2v) is 7.44. The summed E-state index contributed by atoms with van der Waals surface area (Å²) in [5, 5.41) is 14.9. The summed E-state index contributed by atoms with van der Waals surface area (Å²) in [6, 6.07) is 12.4. The van der Waals surface area contributed by atoms with Crippen molar-refractivity contribution >= 4 is 11.3 Å². The number of benzene rings is 1. The van der Waals surface area contributed by atoms with Crippen molar-refractivity contribution in [3.63, 3.8) is 0 Å². The minimum absolute atomic E-state index is 0.342. The molecule has 1 saturated heterocycles. The third-order valence-corrected chi connectivity index (χ3v) is 5.34. The molecule has 1 aliphatic rings. The van der Waals surface area contributed by atoms with Crippen LogP contribution in [0.25, 0.3) is 0 Å². The van der Waals surface area contributed by atoms with Gasteiger partial charge in [0, 0.05) is 39.3 Å². The lowest BCUT2D eigenvalue weighted by atomic mass is 10.1. The monoisotopic (exact) mass is 360 g/mol. The topological polar surface area (TPSA) is 35.9 Å². The Balaban J connectivity index is 1.53. The van der Waals surface area contributed by atoms with Crippen LogP contribution in [0.1, 0.15) is 11.1 Å². The van der Waals surface area contributed by atoms with E-state index in [2.05, 4.69) is 38.8 Å². The van der Waals surface area contributed by atoms with Crippen LogP contribution in [0, 0.1) is 0 Å². The summed E-state index contributed by atoms with van der Waals surface area (Å²) < 4.78 is 5.43. The van der Waals surface area contributed by atoms with Gasteiger partial charge in [-0.1, -0.05) is 30.3 Å². The van der Waals surface area contributed by atoms with Gasteiger partial charge in [-0.05, 0) is 34.4 Å². The van der Waals surface area contributed by atoms with Gasteiger partial charge < -0.3 is 9.84 Å². The van der Waals surface area contributed by atoms with Crippen molar-refractivity contribution in [3.05, 3.63) is 58.3 Å². The number of rotatable bonds is 9. The Morgan fingerprint density at radius 3 is 2.64 bits per heavy atom. The second-order valence-electron chi connectivity index (χ2n) is 6.66. The lowest BCUT2D eigenvalue weighted by molar-refractivity contribution is 0.0292. The van der Waals surface area contributed by atoms with E-state index in [1.807, 2.05) is 18.2 Å². The number of hydrogen-bond donors (Lipinski definition) is 1. The van der Waals surface area contributed by atoms with Gasteiger partial charge in [0.1, 0.15) is 0 Å². The first kappa shape index (κ1) is 18.5. The van der Waals surface area contributed by atoms with Crippen molar-refractivity contribution in [2.45, 2.75) is 19.1 Å². The minimum atomic E-state index is -0.342. The Bertz CT molecular complexity index is 585. The molecular formula is C20H28N2O2S. The highest BCUT2D eigenvalue weighted by atomic mass is 32.1. The van der Waals surface area contributed by atoms with Gasteiger partial charge in [0.2, 0.25) is 0 Å². The molecule has 0 aliphatic carbocycles. The summed E-state index contributed by atoms with van der Waals surface area (Å²) in [6.45, 7) is 7.31. The quantitative estimate of drug-likeness (QED) is 0.745. The number of ether oxygens (including phenoxy) is 1. The molecule has 0 amide bonds. The van der Waals surface area contributed by atoms with Crippen LogP contribution in [0.5, 0.6) is 0 Å². The fraction of sp³-hybridized carbons (Fsp3) is 0.500. The molecule has 2 heterocycles. The van der Waals surface area contributed by atoms with Gasteiger partial charge in [-0.15, -0.1) is 0 Å². The molecule has 1 atom stereocenters. The standard InChI is InChI=1S/C20H28N2O2S/c23-20(14-18-4-2-1-3-5-18)16-22(15-19-6-13-25-17-19)8-7-21-9-11-24-12-10-21/h1-6,13,17,20,23H,7-12,14-16H2. The van der Waals surface area contributed by atoms with E-state index in [4.69, 9.17) is 4.74 Å². The number of aliphatic hydroxyl groups is 1. The van der Waals surface area contributed by atoms with Gasteiger partial charge in [0.25, 0.3) is 0 Å². The van der Waals surface area contributed by atoms with Crippen molar-refractivity contribution in [2.75, 3.05) is 45.9 Å². The number of nitrogens with zero attached hydrogens (tertiary/aromatic N) is 2. The zero-order chi connectivity index (χ0) is 17.3. The molecule has 0 radical (unpaired) electrons. The second kappa shape index (κ2) is 10.0. The van der Waals surface area contributed by atoms with E-state index in [-0.39, 0.29) is 6.10 Å². The SMILES string of the molecule is OC(Cc1ccccc1)CN(CCN1CCOCC1)Cc1ccsc1. The highest BCUT2D eigenvalue weighted by Gasteiger charge is 2.16. The highest BCUT2D eigenvalue weighted by Crippen LogP contribution is 2.12. The zero-order valence-corrected chi connectivity index (χ0v) is 15.5. The molecule has 0 bridgehead atoms. The lowest BCUT2D eigenvalue weighted by Gasteiger charge is -2.31. The Morgan fingerprint density at radius 1 is 1.12 bits per heavy atom. The third-order valence-electron chi connectivity index (χ3n) is 4.61. The van der Waals surface area contributed by atoms with Crippen LogP contribution < -0.4 is 0 Å². The molecular weight excluding hydrogens is 332 g/mol. The molecule has 1 aliphatic heterocycles. The summed E-state index contributed by atoms with van der Waals surface area (Å²) >= 11 is 1.73. The largest absolute Gasteiger partial charge is 0.391 e. The zero-order valence-electron chi connectivity index (χ0n) is 14.7. The molecule has 136 valence electrons. The Kier molecular flexibility index (Phi) is 7.45. The molecule has 3 rings (SSSR count). The summed E-state index contributed by atoms with van der Waals surface area (Å²) in [5.74, 6) is 0. The molecule has 0 spiro atoms. The average molecular weight is 361 g/mol. The highest BCUT2D eigenvalue weighted by molar-refractivity contribution is 7.07. The van der Waals surface area contributed by atoms with Crippen LogP contribution in [0.4, 0.5) is 0 Å². The number of thiophene rings is 1. The number of hydrogen-bond acceptors (Lipinski definition) is 5. The third kappa shape index (κ3) is 6.53. The van der Waals surface area contributed by atoms with E-state index < -0.39 is 0 Å². The maximum Gasteiger partial charge on any atom is 0.0707 e. The van der Waals surface area contributed by atoms with E-state index >= 15 is 0 Å². The molecule has 5 heteroatoms. The molecule has 1 N–H and O–H groups in total. The normalized spacial score (nSPS) is 17.0. The predicted octanol–water partition coefficient (Wildman–Crippen LogP) is 2.49. The molecule has 1 fully saturated rings. The number of morpholine rings is 1. The van der Waals surface area contributed by atoms with Gasteiger partial charge in [-0.2, -0.15) is 11.3 Å². The molecule has 0 saturated carbocycles. The van der Waals surface area contributed by atoms with Crippen LogP contribution in [0.15, 0.2) is 47.2 Å². The summed E-state index contributed by atoms with van der Waals surface area (Å²) in [6.07, 6.45) is 0.365. The molecule has 1 aromatic heterocycles. The van der Waals surface area contributed by atoms with Crippen molar-refractivity contribution in [1.82, 2.24) is 9.80 Å². The van der Waals surface area contributed by atoms with Crippen molar-refractivity contribution < 1.29 is 9.84 Å². The first-order valence-corrected chi connectivity index (χ1v) is 9.99. The van der Waals surface area contributed by atoms with E-state index in [1.165, 1.54) is 11.1 Å². The molecule has 2 aromatic rings. The average Bonchev–Trinajstić information content (AvgIpc) is 3.14. The van der Waals surface area contributed by atoms with Crippen LogP contribution in [-0.4, -0.2) is 66.9 Å². The Hall–Kier alpha value is -1.24. The summed E-state index contributed by atoms with van der Waals surface area (Å²) in [4.78, 5) is 4.83. The van der Waals surface area contributed by atoms with Gasteiger partial charge in [-0.3, -0.25) is 9.80 Å². The van der Waals surface area contributed by atoms with Gasteiger partial charge >= 0.3 is 0 Å². The molecule has 25 heavy (non-hydrogen) atoms. The summed E-state index contributed by atoms with van der Waals surface area (Å²) in [7, 11) is 0. The Morgan fingerprint density at radius 2 is 1.92 bits per heavy atom. The fourth-order valence-electron chi connectivity index (χ4n) is 3.23.